The summed E-state index contributed by atoms with van der Waals surface area (Å²) in [5, 5.41) is 11.6. The molecule has 74 valence electrons. The monoisotopic (exact) mass is 184 g/mol. The van der Waals surface area contributed by atoms with Crippen molar-refractivity contribution < 1.29 is 9.90 Å². The molecule has 0 aromatic rings. The van der Waals surface area contributed by atoms with Gasteiger partial charge in [-0.1, -0.05) is 12.2 Å². The molecule has 4 nitrogen and oxygen atoms in total. The van der Waals surface area contributed by atoms with E-state index in [-0.39, 0.29) is 17.9 Å². The van der Waals surface area contributed by atoms with Crippen LogP contribution in [0.25, 0.3) is 0 Å². The summed E-state index contributed by atoms with van der Waals surface area (Å²) in [4.78, 5) is 11.4. The molecule has 0 aromatic heterocycles. The molecule has 0 saturated heterocycles. The number of hydrogen-bond donors (Lipinski definition) is 3. The van der Waals surface area contributed by atoms with E-state index in [0.717, 1.165) is 0 Å². The van der Waals surface area contributed by atoms with Gasteiger partial charge in [-0.15, -0.1) is 0 Å². The predicted molar refractivity (Wildman–Crippen MR) is 49.9 cm³/mol. The maximum atomic E-state index is 11.4. The fraction of sp³-hybridized carbons (Fsp3) is 0.667. The Balaban J connectivity index is 2.29. The molecule has 0 aliphatic heterocycles. The maximum Gasteiger partial charge on any atom is 0.227 e. The van der Waals surface area contributed by atoms with Gasteiger partial charge >= 0.3 is 0 Å². The van der Waals surface area contributed by atoms with Crippen molar-refractivity contribution in [3.05, 3.63) is 12.2 Å². The van der Waals surface area contributed by atoms with Gasteiger partial charge in [0.2, 0.25) is 5.91 Å². The standard InChI is InChI=1S/C9H16N2O2/c1-6(12)5-11-9(13)7-2-3-8(10)4-7/h2-3,6-8,12H,4-5,10H2,1H3,(H,11,13)/t6-,7?,8?/m1/s1. The summed E-state index contributed by atoms with van der Waals surface area (Å²) >= 11 is 0. The number of aliphatic hydroxyl groups excluding tert-OH is 1. The zero-order valence-electron chi connectivity index (χ0n) is 7.73. The minimum atomic E-state index is -0.497. The third kappa shape index (κ3) is 3.16. The summed E-state index contributed by atoms with van der Waals surface area (Å²) in [7, 11) is 0. The first-order chi connectivity index (χ1) is 6.09. The highest BCUT2D eigenvalue weighted by molar-refractivity contribution is 5.81. The van der Waals surface area contributed by atoms with Crippen molar-refractivity contribution in [3.63, 3.8) is 0 Å². The first-order valence-corrected chi connectivity index (χ1v) is 4.49. The normalized spacial score (nSPS) is 28.8. The quantitative estimate of drug-likeness (QED) is 0.512. The molecule has 0 spiro atoms. The van der Waals surface area contributed by atoms with Crippen LogP contribution in [0.1, 0.15) is 13.3 Å². The van der Waals surface area contributed by atoms with Crippen LogP contribution in [-0.4, -0.2) is 29.7 Å². The average molecular weight is 184 g/mol. The first-order valence-electron chi connectivity index (χ1n) is 4.49. The molecule has 1 aliphatic rings. The fourth-order valence-corrected chi connectivity index (χ4v) is 1.30. The molecule has 1 amide bonds. The molecular formula is C9H16N2O2. The van der Waals surface area contributed by atoms with Crippen LogP contribution in [0.4, 0.5) is 0 Å². The maximum absolute atomic E-state index is 11.4. The number of nitrogens with one attached hydrogen (secondary N) is 1. The largest absolute Gasteiger partial charge is 0.392 e. The molecule has 0 bridgehead atoms. The van der Waals surface area contributed by atoms with Crippen molar-refractivity contribution in [3.8, 4) is 0 Å². The van der Waals surface area contributed by atoms with Crippen molar-refractivity contribution >= 4 is 5.91 Å². The number of carbonyl (C=O) groups is 1. The van der Waals surface area contributed by atoms with E-state index in [4.69, 9.17) is 10.8 Å². The molecule has 0 fully saturated rings. The van der Waals surface area contributed by atoms with E-state index in [2.05, 4.69) is 5.32 Å². The summed E-state index contributed by atoms with van der Waals surface area (Å²) < 4.78 is 0. The van der Waals surface area contributed by atoms with Gasteiger partial charge in [-0.05, 0) is 13.3 Å². The molecule has 1 aliphatic carbocycles. The van der Waals surface area contributed by atoms with E-state index in [0.29, 0.717) is 13.0 Å². The molecule has 3 atom stereocenters. The lowest BCUT2D eigenvalue weighted by molar-refractivity contribution is -0.124. The molecule has 4 heteroatoms. The predicted octanol–water partition coefficient (Wildman–Crippen LogP) is -0.613. The molecule has 0 radical (unpaired) electrons. The summed E-state index contributed by atoms with van der Waals surface area (Å²) in [6, 6.07) is 0.00213. The number of amides is 1. The van der Waals surface area contributed by atoms with Crippen LogP contribution in [-0.2, 0) is 4.79 Å². The minimum absolute atomic E-state index is 0.00213. The molecular weight excluding hydrogens is 168 g/mol. The second-order valence-corrected chi connectivity index (χ2v) is 3.49. The van der Waals surface area contributed by atoms with Crippen molar-refractivity contribution in [2.24, 2.45) is 11.7 Å². The highest BCUT2D eigenvalue weighted by Gasteiger charge is 2.22. The summed E-state index contributed by atoms with van der Waals surface area (Å²) in [5.41, 5.74) is 5.60. The van der Waals surface area contributed by atoms with Crippen LogP contribution in [0.5, 0.6) is 0 Å². The van der Waals surface area contributed by atoms with Crippen LogP contribution in [0.2, 0.25) is 0 Å². The molecule has 2 unspecified atom stereocenters. The third-order valence-electron chi connectivity index (χ3n) is 2.03. The number of hydrogen-bond acceptors (Lipinski definition) is 3. The molecule has 0 heterocycles. The van der Waals surface area contributed by atoms with E-state index >= 15 is 0 Å². The smallest absolute Gasteiger partial charge is 0.227 e. The van der Waals surface area contributed by atoms with Gasteiger partial charge in [0.15, 0.2) is 0 Å². The topological polar surface area (TPSA) is 75.3 Å². The minimum Gasteiger partial charge on any atom is -0.392 e. The lowest BCUT2D eigenvalue weighted by Gasteiger charge is -2.11. The van der Waals surface area contributed by atoms with E-state index in [1.165, 1.54) is 0 Å². The Morgan fingerprint density at radius 3 is 2.92 bits per heavy atom. The van der Waals surface area contributed by atoms with Crippen LogP contribution in [0, 0.1) is 5.92 Å². The number of nitrogens with two attached hydrogens (primary N) is 1. The third-order valence-corrected chi connectivity index (χ3v) is 2.03. The van der Waals surface area contributed by atoms with E-state index < -0.39 is 6.10 Å². The Morgan fingerprint density at radius 2 is 2.46 bits per heavy atom. The Hall–Kier alpha value is -0.870. The summed E-state index contributed by atoms with van der Waals surface area (Å²) in [6.45, 7) is 1.94. The highest BCUT2D eigenvalue weighted by atomic mass is 16.3. The summed E-state index contributed by atoms with van der Waals surface area (Å²) in [6.07, 6.45) is 3.84. The van der Waals surface area contributed by atoms with Crippen LogP contribution >= 0.6 is 0 Å². The van der Waals surface area contributed by atoms with E-state index in [9.17, 15) is 4.79 Å². The van der Waals surface area contributed by atoms with E-state index in [1.807, 2.05) is 12.2 Å². The van der Waals surface area contributed by atoms with Gasteiger partial charge in [-0.2, -0.15) is 0 Å². The Morgan fingerprint density at radius 1 is 1.77 bits per heavy atom. The van der Waals surface area contributed by atoms with Crippen LogP contribution in [0.3, 0.4) is 0 Å². The van der Waals surface area contributed by atoms with Gasteiger partial charge in [0.05, 0.1) is 12.0 Å². The van der Waals surface area contributed by atoms with Gasteiger partial charge in [0.1, 0.15) is 0 Å². The molecule has 0 aromatic carbocycles. The zero-order chi connectivity index (χ0) is 9.84. The summed E-state index contributed by atoms with van der Waals surface area (Å²) in [5.74, 6) is -0.168. The van der Waals surface area contributed by atoms with Crippen LogP contribution in [0.15, 0.2) is 12.2 Å². The molecule has 4 N–H and O–H groups in total. The van der Waals surface area contributed by atoms with Crippen LogP contribution < -0.4 is 11.1 Å². The lowest BCUT2D eigenvalue weighted by atomic mass is 10.1. The van der Waals surface area contributed by atoms with Gasteiger partial charge < -0.3 is 16.2 Å². The average Bonchev–Trinajstić information content (AvgIpc) is 2.47. The highest BCUT2D eigenvalue weighted by Crippen LogP contribution is 2.15. The van der Waals surface area contributed by atoms with Crippen molar-refractivity contribution in [2.45, 2.75) is 25.5 Å². The number of aliphatic hydroxyl groups is 1. The second-order valence-electron chi connectivity index (χ2n) is 3.49. The van der Waals surface area contributed by atoms with Crippen molar-refractivity contribution in [2.75, 3.05) is 6.54 Å². The number of rotatable bonds is 3. The van der Waals surface area contributed by atoms with Gasteiger partial charge in [-0.25, -0.2) is 0 Å². The second kappa shape index (κ2) is 4.39. The molecule has 0 saturated carbocycles. The first kappa shape index (κ1) is 10.2. The number of carbonyl (C=O) groups excluding carboxylic acids is 1. The van der Waals surface area contributed by atoms with Crippen molar-refractivity contribution in [1.82, 2.24) is 5.32 Å². The Bertz CT molecular complexity index is 214. The fourth-order valence-electron chi connectivity index (χ4n) is 1.30. The Labute approximate surface area is 77.8 Å². The Kier molecular flexibility index (Phi) is 3.45. The van der Waals surface area contributed by atoms with Crippen molar-refractivity contribution in [1.29, 1.82) is 0 Å². The van der Waals surface area contributed by atoms with Gasteiger partial charge in [0, 0.05) is 12.6 Å². The van der Waals surface area contributed by atoms with E-state index in [1.54, 1.807) is 6.92 Å². The SMILES string of the molecule is C[C@@H](O)CNC(=O)C1C=CC(N)C1. The van der Waals surface area contributed by atoms with Gasteiger partial charge in [0.25, 0.3) is 0 Å². The molecule has 1 rings (SSSR count). The molecule has 13 heavy (non-hydrogen) atoms. The zero-order valence-corrected chi connectivity index (χ0v) is 7.73. The van der Waals surface area contributed by atoms with Gasteiger partial charge in [-0.3, -0.25) is 4.79 Å². The lowest BCUT2D eigenvalue weighted by Crippen LogP contribution is -2.35.